The molecule has 6 heteroatoms. The van der Waals surface area contributed by atoms with Gasteiger partial charge in [0.15, 0.2) is 0 Å². The smallest absolute Gasteiger partial charge is 0.227 e. The maximum Gasteiger partial charge on any atom is 0.227 e. The van der Waals surface area contributed by atoms with Crippen LogP contribution in [-0.2, 0) is 16.0 Å². The minimum atomic E-state index is -0.382. The molecule has 1 rings (SSSR count). The number of carbonyl (C=O) groups is 2. The maximum atomic E-state index is 11.7. The molecule has 0 heterocycles. The predicted octanol–water partition coefficient (Wildman–Crippen LogP) is 0.315. The Morgan fingerprint density at radius 1 is 1.30 bits per heavy atom. The highest BCUT2D eigenvalue weighted by Crippen LogP contribution is 2.05. The number of hydrogen-bond acceptors (Lipinski definition) is 4. The molecule has 0 saturated heterocycles. The Bertz CT molecular complexity index is 426. The number of rotatable bonds is 9. The number of aliphatic hydroxyl groups is 1. The van der Waals surface area contributed by atoms with Crippen molar-refractivity contribution in [1.29, 1.82) is 0 Å². The number of hydrogen-bond donors (Lipinski definition) is 3. The number of thioether (sulfide) groups is 1. The molecule has 2 amide bonds. The molecule has 0 radical (unpaired) electrons. The summed E-state index contributed by atoms with van der Waals surface area (Å²) < 4.78 is 0. The summed E-state index contributed by atoms with van der Waals surface area (Å²) >= 11 is 1.33. The van der Waals surface area contributed by atoms with Crippen molar-refractivity contribution in [2.24, 2.45) is 5.73 Å². The van der Waals surface area contributed by atoms with Gasteiger partial charge in [0.25, 0.3) is 0 Å². The number of nitrogens with two attached hydrogens (primary N) is 1. The second-order valence-electron chi connectivity index (χ2n) is 4.41. The molecule has 1 aromatic rings. The minimum Gasteiger partial charge on any atom is -0.394 e. The third-order valence-corrected chi connectivity index (χ3v) is 3.61. The molecule has 0 fully saturated rings. The zero-order valence-corrected chi connectivity index (χ0v) is 12.1. The molecule has 0 saturated carbocycles. The summed E-state index contributed by atoms with van der Waals surface area (Å²) in [7, 11) is 0. The van der Waals surface area contributed by atoms with E-state index in [0.717, 1.165) is 5.56 Å². The molecule has 110 valence electrons. The fourth-order valence-electron chi connectivity index (χ4n) is 1.70. The Hall–Kier alpha value is -1.53. The molecule has 0 spiro atoms. The van der Waals surface area contributed by atoms with E-state index < -0.39 is 0 Å². The minimum absolute atomic E-state index is 0.102. The molecular weight excluding hydrogens is 276 g/mol. The second kappa shape index (κ2) is 9.39. The monoisotopic (exact) mass is 296 g/mol. The molecule has 0 bridgehead atoms. The molecule has 4 N–H and O–H groups in total. The third kappa shape index (κ3) is 7.16. The summed E-state index contributed by atoms with van der Waals surface area (Å²) in [5.41, 5.74) is 6.07. The first-order valence-corrected chi connectivity index (χ1v) is 7.57. The molecule has 20 heavy (non-hydrogen) atoms. The number of benzene rings is 1. The maximum absolute atomic E-state index is 11.7. The van der Waals surface area contributed by atoms with Crippen molar-refractivity contribution in [2.45, 2.75) is 18.9 Å². The number of nitrogens with one attached hydrogen (secondary N) is 1. The largest absolute Gasteiger partial charge is 0.394 e. The van der Waals surface area contributed by atoms with Crippen LogP contribution < -0.4 is 11.1 Å². The van der Waals surface area contributed by atoms with Crippen LogP contribution in [0.4, 0.5) is 0 Å². The number of primary amides is 1. The van der Waals surface area contributed by atoms with Crippen LogP contribution in [0.1, 0.15) is 12.0 Å². The first-order chi connectivity index (χ1) is 9.61. The summed E-state index contributed by atoms with van der Waals surface area (Å²) in [4.78, 5) is 22.2. The van der Waals surface area contributed by atoms with Crippen molar-refractivity contribution in [2.75, 3.05) is 18.1 Å². The lowest BCUT2D eigenvalue weighted by molar-refractivity contribution is -0.121. The van der Waals surface area contributed by atoms with Gasteiger partial charge in [-0.3, -0.25) is 9.59 Å². The van der Waals surface area contributed by atoms with Gasteiger partial charge in [0.1, 0.15) is 0 Å². The molecule has 1 aromatic carbocycles. The molecule has 5 nitrogen and oxygen atoms in total. The van der Waals surface area contributed by atoms with E-state index in [4.69, 9.17) is 5.73 Å². The summed E-state index contributed by atoms with van der Waals surface area (Å²) in [5, 5.41) is 12.1. The first-order valence-electron chi connectivity index (χ1n) is 6.42. The van der Waals surface area contributed by atoms with E-state index in [2.05, 4.69) is 5.32 Å². The molecule has 0 aliphatic carbocycles. The van der Waals surface area contributed by atoms with Gasteiger partial charge in [0.05, 0.1) is 18.4 Å². The van der Waals surface area contributed by atoms with Crippen molar-refractivity contribution < 1.29 is 14.7 Å². The van der Waals surface area contributed by atoms with E-state index in [1.165, 1.54) is 11.8 Å². The number of carbonyl (C=O) groups excluding carboxylic acids is 2. The van der Waals surface area contributed by atoms with Crippen molar-refractivity contribution >= 4 is 23.6 Å². The van der Waals surface area contributed by atoms with Gasteiger partial charge in [0.2, 0.25) is 11.8 Å². The van der Waals surface area contributed by atoms with Gasteiger partial charge >= 0.3 is 0 Å². The number of amides is 2. The SMILES string of the molecule is NC(=O)CSCCC(=O)N[C@@H](CO)Cc1ccccc1. The van der Waals surface area contributed by atoms with E-state index in [-0.39, 0.29) is 30.2 Å². The van der Waals surface area contributed by atoms with Gasteiger partial charge in [-0.15, -0.1) is 0 Å². The van der Waals surface area contributed by atoms with Crippen molar-refractivity contribution in [1.82, 2.24) is 5.32 Å². The zero-order chi connectivity index (χ0) is 14.8. The normalized spacial score (nSPS) is 11.8. The molecule has 0 aliphatic heterocycles. The topological polar surface area (TPSA) is 92.4 Å². The Kier molecular flexibility index (Phi) is 7.75. The van der Waals surface area contributed by atoms with Crippen LogP contribution in [0, 0.1) is 0 Å². The van der Waals surface area contributed by atoms with Crippen LogP contribution in [0.25, 0.3) is 0 Å². The molecular formula is C14H20N2O3S. The fourth-order valence-corrected chi connectivity index (χ4v) is 2.37. The van der Waals surface area contributed by atoms with E-state index in [0.29, 0.717) is 18.6 Å². The van der Waals surface area contributed by atoms with E-state index in [1.807, 2.05) is 30.3 Å². The Balaban J connectivity index is 2.29. The Morgan fingerprint density at radius 3 is 2.60 bits per heavy atom. The van der Waals surface area contributed by atoms with Gasteiger partial charge in [-0.2, -0.15) is 11.8 Å². The average Bonchev–Trinajstić information content (AvgIpc) is 2.44. The third-order valence-electron chi connectivity index (χ3n) is 2.63. The lowest BCUT2D eigenvalue weighted by Gasteiger charge is -2.16. The fraction of sp³-hybridized carbons (Fsp3) is 0.429. The van der Waals surface area contributed by atoms with Gasteiger partial charge < -0.3 is 16.2 Å². The van der Waals surface area contributed by atoms with E-state index in [9.17, 15) is 14.7 Å². The van der Waals surface area contributed by atoms with Gasteiger partial charge in [-0.05, 0) is 12.0 Å². The first kappa shape index (κ1) is 16.5. The van der Waals surface area contributed by atoms with Gasteiger partial charge in [-0.25, -0.2) is 0 Å². The lowest BCUT2D eigenvalue weighted by Crippen LogP contribution is -2.39. The second-order valence-corrected chi connectivity index (χ2v) is 5.51. The van der Waals surface area contributed by atoms with Crippen LogP contribution in [0.5, 0.6) is 0 Å². The summed E-state index contributed by atoms with van der Waals surface area (Å²) in [6.45, 7) is -0.102. The van der Waals surface area contributed by atoms with Crippen LogP contribution in [0.3, 0.4) is 0 Å². The molecule has 1 atom stereocenters. The van der Waals surface area contributed by atoms with Crippen molar-refractivity contribution in [3.05, 3.63) is 35.9 Å². The molecule has 0 aromatic heterocycles. The van der Waals surface area contributed by atoms with Crippen LogP contribution in [0.2, 0.25) is 0 Å². The molecule has 0 aliphatic rings. The van der Waals surface area contributed by atoms with Crippen LogP contribution in [-0.4, -0.2) is 41.1 Å². The Labute approximate surface area is 122 Å². The molecule has 0 unspecified atom stereocenters. The Morgan fingerprint density at radius 2 is 2.00 bits per heavy atom. The standard InChI is InChI=1S/C14H20N2O3S/c15-13(18)10-20-7-6-14(19)16-12(9-17)8-11-4-2-1-3-5-11/h1-5,12,17H,6-10H2,(H2,15,18)(H,16,19)/t12-/m1/s1. The van der Waals surface area contributed by atoms with Gasteiger partial charge in [0, 0.05) is 12.2 Å². The highest BCUT2D eigenvalue weighted by molar-refractivity contribution is 7.99. The number of aliphatic hydroxyl groups excluding tert-OH is 1. The highest BCUT2D eigenvalue weighted by atomic mass is 32.2. The van der Waals surface area contributed by atoms with Gasteiger partial charge in [-0.1, -0.05) is 30.3 Å². The quantitative estimate of drug-likeness (QED) is 0.572. The zero-order valence-electron chi connectivity index (χ0n) is 11.2. The lowest BCUT2D eigenvalue weighted by atomic mass is 10.1. The summed E-state index contributed by atoms with van der Waals surface area (Å²) in [6, 6.07) is 9.39. The highest BCUT2D eigenvalue weighted by Gasteiger charge is 2.12. The predicted molar refractivity (Wildman–Crippen MR) is 80.3 cm³/mol. The average molecular weight is 296 g/mol. The van der Waals surface area contributed by atoms with Crippen LogP contribution in [0.15, 0.2) is 30.3 Å². The van der Waals surface area contributed by atoms with E-state index >= 15 is 0 Å². The van der Waals surface area contributed by atoms with E-state index in [1.54, 1.807) is 0 Å². The van der Waals surface area contributed by atoms with Crippen molar-refractivity contribution in [3.63, 3.8) is 0 Å². The summed E-state index contributed by atoms with van der Waals surface area (Å²) in [5.74, 6) is 0.253. The van der Waals surface area contributed by atoms with Crippen LogP contribution >= 0.6 is 11.8 Å². The summed E-state index contributed by atoms with van der Waals surface area (Å²) in [6.07, 6.45) is 0.904. The van der Waals surface area contributed by atoms with Crippen molar-refractivity contribution in [3.8, 4) is 0 Å².